The molecule has 0 spiro atoms. The highest BCUT2D eigenvalue weighted by molar-refractivity contribution is 5.95. The fraction of sp³-hybridized carbons (Fsp3) is 0.647. The maximum Gasteiger partial charge on any atom is 0.326 e. The smallest absolute Gasteiger partial charge is 0.326 e. The van der Waals surface area contributed by atoms with Crippen LogP contribution in [0.2, 0.25) is 0 Å². The second kappa shape index (κ2) is 11.8. The number of nitrogens with two attached hydrogens (primary N) is 1. The van der Waals surface area contributed by atoms with Crippen LogP contribution < -0.4 is 16.4 Å². The molecule has 1 rings (SSSR count). The second-order valence-corrected chi connectivity index (χ2v) is 6.97. The molecule has 0 radical (unpaired) electrons. The third-order valence-corrected chi connectivity index (χ3v) is 4.63. The highest BCUT2D eigenvalue weighted by atomic mass is 16.4. The number of aliphatic hydroxyl groups excluding tert-OH is 1. The van der Waals surface area contributed by atoms with Crippen molar-refractivity contribution in [3.63, 3.8) is 0 Å². The maximum absolute atomic E-state index is 12.9. The van der Waals surface area contributed by atoms with E-state index in [1.165, 1.54) is 0 Å². The molecule has 0 saturated carbocycles. The third kappa shape index (κ3) is 7.82. The summed E-state index contributed by atoms with van der Waals surface area (Å²) < 4.78 is 0. The maximum atomic E-state index is 12.9. The molecule has 14 heteroatoms. The summed E-state index contributed by atoms with van der Waals surface area (Å²) in [5.41, 5.74) is 5.40. The van der Waals surface area contributed by atoms with Crippen LogP contribution in [-0.2, 0) is 28.8 Å². The van der Waals surface area contributed by atoms with Crippen molar-refractivity contribution in [2.75, 3.05) is 13.2 Å². The van der Waals surface area contributed by atoms with Gasteiger partial charge in [-0.2, -0.15) is 0 Å². The van der Waals surface area contributed by atoms with Gasteiger partial charge in [-0.3, -0.25) is 24.0 Å². The average Bonchev–Trinajstić information content (AvgIpc) is 3.18. The van der Waals surface area contributed by atoms with Crippen LogP contribution in [0.15, 0.2) is 0 Å². The van der Waals surface area contributed by atoms with E-state index in [9.17, 15) is 28.8 Å². The van der Waals surface area contributed by atoms with Gasteiger partial charge in [0.05, 0.1) is 13.0 Å². The standard InChI is InChI=1S/C17H26N4O10/c18-8(7-22)14(27)19-9(3-4-12(23)24)16(29)21-5-1-2-11(21)15(28)20-10(17(30)31)6-13(25)26/h8-11,22H,1-7,18H2,(H,19,27)(H,20,28)(H,23,24)(H,25,26)(H,30,31). The summed E-state index contributed by atoms with van der Waals surface area (Å²) in [4.78, 5) is 71.4. The van der Waals surface area contributed by atoms with Gasteiger partial charge >= 0.3 is 17.9 Å². The molecule has 0 bridgehead atoms. The summed E-state index contributed by atoms with van der Waals surface area (Å²) in [7, 11) is 0. The van der Waals surface area contributed by atoms with E-state index in [-0.39, 0.29) is 19.4 Å². The number of aliphatic hydroxyl groups is 1. The van der Waals surface area contributed by atoms with Gasteiger partial charge in [-0.05, 0) is 19.3 Å². The lowest BCUT2D eigenvalue weighted by Crippen LogP contribution is -2.57. The van der Waals surface area contributed by atoms with E-state index >= 15 is 0 Å². The van der Waals surface area contributed by atoms with Crippen LogP contribution in [0.5, 0.6) is 0 Å². The number of aliphatic carboxylic acids is 3. The van der Waals surface area contributed by atoms with Crippen molar-refractivity contribution in [3.8, 4) is 0 Å². The van der Waals surface area contributed by atoms with Crippen LogP contribution in [0, 0.1) is 0 Å². The van der Waals surface area contributed by atoms with Gasteiger partial charge < -0.3 is 41.7 Å². The second-order valence-electron chi connectivity index (χ2n) is 6.97. The van der Waals surface area contributed by atoms with Gasteiger partial charge in [0.1, 0.15) is 24.2 Å². The van der Waals surface area contributed by atoms with Crippen molar-refractivity contribution < 1.29 is 49.2 Å². The molecule has 0 aromatic rings. The Morgan fingerprint density at radius 1 is 1.00 bits per heavy atom. The summed E-state index contributed by atoms with van der Waals surface area (Å²) in [5.74, 6) is -6.77. The van der Waals surface area contributed by atoms with E-state index < -0.39 is 79.2 Å². The summed E-state index contributed by atoms with van der Waals surface area (Å²) in [6.45, 7) is -0.625. The Bertz CT molecular complexity index is 728. The Morgan fingerprint density at radius 3 is 2.16 bits per heavy atom. The number of nitrogens with one attached hydrogen (secondary N) is 2. The van der Waals surface area contributed by atoms with Crippen LogP contribution in [0.3, 0.4) is 0 Å². The van der Waals surface area contributed by atoms with E-state index in [0.717, 1.165) is 4.90 Å². The van der Waals surface area contributed by atoms with Crippen molar-refractivity contribution in [2.45, 2.75) is 56.3 Å². The van der Waals surface area contributed by atoms with Crippen molar-refractivity contribution in [3.05, 3.63) is 0 Å². The Balaban J connectivity index is 2.97. The molecule has 8 N–H and O–H groups in total. The molecule has 1 heterocycles. The number of carbonyl (C=O) groups excluding carboxylic acids is 3. The van der Waals surface area contributed by atoms with Crippen LogP contribution in [-0.4, -0.2) is 98.3 Å². The number of amides is 3. The largest absolute Gasteiger partial charge is 0.481 e. The van der Waals surface area contributed by atoms with Gasteiger partial charge in [0.15, 0.2) is 0 Å². The molecule has 1 saturated heterocycles. The number of carboxylic acid groups (broad SMARTS) is 3. The van der Waals surface area contributed by atoms with Crippen molar-refractivity contribution in [2.24, 2.45) is 5.73 Å². The quantitative estimate of drug-likeness (QED) is 0.157. The number of carboxylic acids is 3. The Hall–Kier alpha value is -3.26. The first-order valence-electron chi connectivity index (χ1n) is 9.42. The predicted molar refractivity (Wildman–Crippen MR) is 100 cm³/mol. The lowest BCUT2D eigenvalue weighted by molar-refractivity contribution is -0.148. The summed E-state index contributed by atoms with van der Waals surface area (Å²) >= 11 is 0. The third-order valence-electron chi connectivity index (χ3n) is 4.63. The number of hydrogen-bond donors (Lipinski definition) is 7. The van der Waals surface area contributed by atoms with Crippen molar-refractivity contribution in [1.29, 1.82) is 0 Å². The molecule has 14 nitrogen and oxygen atoms in total. The summed E-state index contributed by atoms with van der Waals surface area (Å²) in [6.07, 6.45) is -1.11. The lowest BCUT2D eigenvalue weighted by Gasteiger charge is -2.29. The van der Waals surface area contributed by atoms with E-state index in [2.05, 4.69) is 10.6 Å². The minimum Gasteiger partial charge on any atom is -0.481 e. The molecule has 4 unspecified atom stereocenters. The monoisotopic (exact) mass is 446 g/mol. The van der Waals surface area contributed by atoms with E-state index in [4.69, 9.17) is 26.2 Å². The van der Waals surface area contributed by atoms with Crippen LogP contribution in [0.25, 0.3) is 0 Å². The molecular weight excluding hydrogens is 420 g/mol. The van der Waals surface area contributed by atoms with E-state index in [1.807, 2.05) is 0 Å². The van der Waals surface area contributed by atoms with Crippen molar-refractivity contribution >= 4 is 35.6 Å². The molecule has 31 heavy (non-hydrogen) atoms. The molecule has 4 atom stereocenters. The Kier molecular flexibility index (Phi) is 9.82. The number of likely N-dealkylation sites (tertiary alicyclic amines) is 1. The summed E-state index contributed by atoms with van der Waals surface area (Å²) in [6, 6.07) is -5.51. The van der Waals surface area contributed by atoms with Gasteiger partial charge in [0.2, 0.25) is 17.7 Å². The molecule has 1 fully saturated rings. The predicted octanol–water partition coefficient (Wildman–Crippen LogP) is -3.31. The molecule has 0 aromatic heterocycles. The Morgan fingerprint density at radius 2 is 1.65 bits per heavy atom. The molecule has 0 aliphatic carbocycles. The van der Waals surface area contributed by atoms with Gasteiger partial charge in [-0.25, -0.2) is 4.79 Å². The zero-order chi connectivity index (χ0) is 23.7. The number of nitrogens with zero attached hydrogens (tertiary/aromatic N) is 1. The first-order chi connectivity index (χ1) is 14.5. The molecule has 1 aliphatic heterocycles. The van der Waals surface area contributed by atoms with Gasteiger partial charge in [0, 0.05) is 13.0 Å². The number of hydrogen-bond acceptors (Lipinski definition) is 8. The first-order valence-corrected chi connectivity index (χ1v) is 9.42. The average molecular weight is 446 g/mol. The van der Waals surface area contributed by atoms with E-state index in [0.29, 0.717) is 6.42 Å². The highest BCUT2D eigenvalue weighted by Gasteiger charge is 2.39. The molecule has 174 valence electrons. The molecular formula is C17H26N4O10. The number of carbonyl (C=O) groups is 6. The molecule has 0 aromatic carbocycles. The van der Waals surface area contributed by atoms with Gasteiger partial charge in [0.25, 0.3) is 0 Å². The van der Waals surface area contributed by atoms with Crippen molar-refractivity contribution in [1.82, 2.24) is 15.5 Å². The topological polar surface area (TPSA) is 237 Å². The Labute approximate surface area is 176 Å². The highest BCUT2D eigenvalue weighted by Crippen LogP contribution is 2.20. The summed E-state index contributed by atoms with van der Waals surface area (Å²) in [5, 5.41) is 40.1. The normalized spacial score (nSPS) is 18.5. The van der Waals surface area contributed by atoms with Gasteiger partial charge in [-0.15, -0.1) is 0 Å². The zero-order valence-corrected chi connectivity index (χ0v) is 16.5. The SMILES string of the molecule is NC(CO)C(=O)NC(CCC(=O)O)C(=O)N1CCCC1C(=O)NC(CC(=O)O)C(=O)O. The minimum absolute atomic E-state index is 0.0824. The fourth-order valence-corrected chi connectivity index (χ4v) is 3.03. The molecule has 3 amide bonds. The fourth-order valence-electron chi connectivity index (χ4n) is 3.03. The van der Waals surface area contributed by atoms with Gasteiger partial charge in [-0.1, -0.05) is 0 Å². The first kappa shape index (κ1) is 25.8. The number of rotatable bonds is 12. The minimum atomic E-state index is -1.70. The molecule has 1 aliphatic rings. The zero-order valence-electron chi connectivity index (χ0n) is 16.5. The van der Waals surface area contributed by atoms with Crippen LogP contribution in [0.1, 0.15) is 32.1 Å². The van der Waals surface area contributed by atoms with Crippen LogP contribution >= 0.6 is 0 Å². The van der Waals surface area contributed by atoms with Crippen LogP contribution in [0.4, 0.5) is 0 Å². The lowest BCUT2D eigenvalue weighted by atomic mass is 10.1. The van der Waals surface area contributed by atoms with E-state index in [1.54, 1.807) is 0 Å².